The van der Waals surface area contributed by atoms with Gasteiger partial charge >= 0.3 is 0 Å². The molecule has 1 aliphatic rings. The van der Waals surface area contributed by atoms with Gasteiger partial charge in [-0.25, -0.2) is 12.8 Å². The first kappa shape index (κ1) is 22.5. The van der Waals surface area contributed by atoms with Crippen LogP contribution in [0, 0.1) is 11.7 Å². The number of carbonyl (C=O) groups is 1. The molecule has 2 aromatic carbocycles. The summed E-state index contributed by atoms with van der Waals surface area (Å²) in [6, 6.07) is 10.2. The normalized spacial score (nSPS) is 17.5. The van der Waals surface area contributed by atoms with Crippen molar-refractivity contribution in [2.45, 2.75) is 31.2 Å². The molecule has 0 bridgehead atoms. The van der Waals surface area contributed by atoms with Gasteiger partial charge in [-0.05, 0) is 55.7 Å². The zero-order valence-corrected chi connectivity index (χ0v) is 18.2. The molecule has 1 amide bonds. The maximum Gasteiger partial charge on any atom is 0.243 e. The second-order valence-corrected chi connectivity index (χ2v) is 9.42. The molecular weight excluding hydrogens is 431 g/mol. The Morgan fingerprint density at radius 3 is 2.67 bits per heavy atom. The zero-order chi connectivity index (χ0) is 21.7. The standard InChI is InChI=1S/C21H24ClFN2O4S/c1-2-29-20-10-9-18(12-19(20)22)30(27,28)25-11-3-4-16(14-25)21(26)24-13-15-5-7-17(23)8-6-15/h5-10,12,16H,2-4,11,13-14H2,1H3,(H,24,26). The molecule has 0 aromatic heterocycles. The molecule has 2 aromatic rings. The van der Waals surface area contributed by atoms with Gasteiger partial charge in [0.2, 0.25) is 15.9 Å². The predicted molar refractivity (Wildman–Crippen MR) is 112 cm³/mol. The summed E-state index contributed by atoms with van der Waals surface area (Å²) in [7, 11) is -3.78. The van der Waals surface area contributed by atoms with E-state index in [0.29, 0.717) is 31.7 Å². The number of ether oxygens (including phenoxy) is 1. The lowest BCUT2D eigenvalue weighted by Gasteiger charge is -2.31. The number of benzene rings is 2. The van der Waals surface area contributed by atoms with Crippen LogP contribution in [-0.4, -0.2) is 38.3 Å². The Labute approximate surface area is 181 Å². The maximum absolute atomic E-state index is 13.0. The van der Waals surface area contributed by atoms with E-state index in [9.17, 15) is 17.6 Å². The Balaban J connectivity index is 1.66. The third-order valence-corrected chi connectivity index (χ3v) is 7.13. The molecule has 1 saturated heterocycles. The number of carbonyl (C=O) groups excluding carboxylic acids is 1. The molecule has 6 nitrogen and oxygen atoms in total. The van der Waals surface area contributed by atoms with Gasteiger partial charge in [0.15, 0.2) is 0 Å². The van der Waals surface area contributed by atoms with Crippen LogP contribution in [0.25, 0.3) is 0 Å². The highest BCUT2D eigenvalue weighted by molar-refractivity contribution is 7.89. The van der Waals surface area contributed by atoms with Crippen molar-refractivity contribution < 1.29 is 22.3 Å². The van der Waals surface area contributed by atoms with Gasteiger partial charge in [-0.1, -0.05) is 23.7 Å². The van der Waals surface area contributed by atoms with Crippen LogP contribution in [0.4, 0.5) is 4.39 Å². The molecule has 1 heterocycles. The number of sulfonamides is 1. The summed E-state index contributed by atoms with van der Waals surface area (Å²) in [4.78, 5) is 12.6. The monoisotopic (exact) mass is 454 g/mol. The molecule has 1 atom stereocenters. The Bertz CT molecular complexity index is 999. The van der Waals surface area contributed by atoms with Crippen molar-refractivity contribution in [2.24, 2.45) is 5.92 Å². The Hall–Kier alpha value is -2.16. The molecule has 30 heavy (non-hydrogen) atoms. The zero-order valence-electron chi connectivity index (χ0n) is 16.6. The van der Waals surface area contributed by atoms with Crippen LogP contribution in [0.2, 0.25) is 5.02 Å². The minimum absolute atomic E-state index is 0.0725. The average molecular weight is 455 g/mol. The number of hydrogen-bond acceptors (Lipinski definition) is 4. The van der Waals surface area contributed by atoms with Crippen molar-refractivity contribution in [1.29, 1.82) is 0 Å². The number of halogens is 2. The van der Waals surface area contributed by atoms with E-state index in [1.54, 1.807) is 12.1 Å². The summed E-state index contributed by atoms with van der Waals surface area (Å²) in [6.07, 6.45) is 1.18. The minimum Gasteiger partial charge on any atom is -0.492 e. The SMILES string of the molecule is CCOc1ccc(S(=O)(=O)N2CCCC(C(=O)NCc3ccc(F)cc3)C2)cc1Cl. The lowest BCUT2D eigenvalue weighted by atomic mass is 9.99. The molecule has 1 fully saturated rings. The first-order valence-electron chi connectivity index (χ1n) is 9.76. The maximum atomic E-state index is 13.0. The topological polar surface area (TPSA) is 75.7 Å². The highest BCUT2D eigenvalue weighted by atomic mass is 35.5. The van der Waals surface area contributed by atoms with Crippen molar-refractivity contribution in [3.05, 3.63) is 58.9 Å². The van der Waals surface area contributed by atoms with Gasteiger partial charge in [0.1, 0.15) is 11.6 Å². The van der Waals surface area contributed by atoms with E-state index in [0.717, 1.165) is 5.56 Å². The Kier molecular flexibility index (Phi) is 7.33. The van der Waals surface area contributed by atoms with E-state index in [1.165, 1.54) is 34.6 Å². The molecule has 0 aliphatic carbocycles. The number of nitrogens with zero attached hydrogens (tertiary/aromatic N) is 1. The Morgan fingerprint density at radius 1 is 1.27 bits per heavy atom. The quantitative estimate of drug-likeness (QED) is 0.693. The second kappa shape index (κ2) is 9.76. The van der Waals surface area contributed by atoms with Crippen LogP contribution in [-0.2, 0) is 21.4 Å². The van der Waals surface area contributed by atoms with Gasteiger partial charge in [-0.3, -0.25) is 4.79 Å². The largest absolute Gasteiger partial charge is 0.492 e. The molecule has 3 rings (SSSR count). The number of rotatable bonds is 7. The van der Waals surface area contributed by atoms with Crippen LogP contribution in [0.5, 0.6) is 5.75 Å². The molecule has 1 unspecified atom stereocenters. The van der Waals surface area contributed by atoms with E-state index in [2.05, 4.69) is 5.32 Å². The van der Waals surface area contributed by atoms with Crippen molar-refractivity contribution >= 4 is 27.5 Å². The van der Waals surface area contributed by atoms with Crippen LogP contribution >= 0.6 is 11.6 Å². The summed E-state index contributed by atoms with van der Waals surface area (Å²) in [5, 5.41) is 3.04. The smallest absolute Gasteiger partial charge is 0.243 e. The van der Waals surface area contributed by atoms with E-state index < -0.39 is 15.9 Å². The van der Waals surface area contributed by atoms with Gasteiger partial charge in [-0.15, -0.1) is 0 Å². The molecule has 162 valence electrons. The first-order valence-corrected chi connectivity index (χ1v) is 11.6. The third-order valence-electron chi connectivity index (χ3n) is 4.98. The van der Waals surface area contributed by atoms with Crippen LogP contribution in [0.1, 0.15) is 25.3 Å². The molecule has 9 heteroatoms. The fourth-order valence-corrected chi connectivity index (χ4v) is 5.22. The van der Waals surface area contributed by atoms with Gasteiger partial charge in [-0.2, -0.15) is 4.31 Å². The van der Waals surface area contributed by atoms with Crippen LogP contribution < -0.4 is 10.1 Å². The first-order chi connectivity index (χ1) is 14.3. The molecule has 0 radical (unpaired) electrons. The van der Waals surface area contributed by atoms with Crippen molar-refractivity contribution in [3.63, 3.8) is 0 Å². The van der Waals surface area contributed by atoms with Crippen molar-refractivity contribution in [3.8, 4) is 5.75 Å². The van der Waals surface area contributed by atoms with E-state index in [-0.39, 0.29) is 34.7 Å². The highest BCUT2D eigenvalue weighted by Crippen LogP contribution is 2.30. The Morgan fingerprint density at radius 2 is 2.00 bits per heavy atom. The molecule has 0 saturated carbocycles. The third kappa shape index (κ3) is 5.30. The fourth-order valence-electron chi connectivity index (χ4n) is 3.37. The number of nitrogens with one attached hydrogen (secondary N) is 1. The summed E-state index contributed by atoms with van der Waals surface area (Å²) in [6.45, 7) is 2.94. The average Bonchev–Trinajstić information content (AvgIpc) is 2.74. The van der Waals surface area contributed by atoms with Gasteiger partial charge in [0.05, 0.1) is 22.4 Å². The highest BCUT2D eigenvalue weighted by Gasteiger charge is 2.33. The van der Waals surface area contributed by atoms with E-state index in [4.69, 9.17) is 16.3 Å². The number of piperidine rings is 1. The fraction of sp³-hybridized carbons (Fsp3) is 0.381. The van der Waals surface area contributed by atoms with E-state index >= 15 is 0 Å². The molecule has 1 aliphatic heterocycles. The van der Waals surface area contributed by atoms with Gasteiger partial charge in [0, 0.05) is 19.6 Å². The van der Waals surface area contributed by atoms with Crippen molar-refractivity contribution in [1.82, 2.24) is 9.62 Å². The summed E-state index contributed by atoms with van der Waals surface area (Å²) in [5.41, 5.74) is 0.772. The second-order valence-electron chi connectivity index (χ2n) is 7.07. The predicted octanol–water partition coefficient (Wildman–Crippen LogP) is 3.59. The van der Waals surface area contributed by atoms with Crippen molar-refractivity contribution in [2.75, 3.05) is 19.7 Å². The van der Waals surface area contributed by atoms with E-state index in [1.807, 2.05) is 6.92 Å². The number of hydrogen-bond donors (Lipinski definition) is 1. The minimum atomic E-state index is -3.78. The molecular formula is C21H24ClFN2O4S. The lowest BCUT2D eigenvalue weighted by molar-refractivity contribution is -0.126. The van der Waals surface area contributed by atoms with Crippen LogP contribution in [0.3, 0.4) is 0 Å². The lowest BCUT2D eigenvalue weighted by Crippen LogP contribution is -2.45. The van der Waals surface area contributed by atoms with Crippen LogP contribution in [0.15, 0.2) is 47.4 Å². The van der Waals surface area contributed by atoms with Gasteiger partial charge in [0.25, 0.3) is 0 Å². The molecule has 0 spiro atoms. The summed E-state index contributed by atoms with van der Waals surface area (Å²) >= 11 is 6.15. The van der Waals surface area contributed by atoms with Gasteiger partial charge < -0.3 is 10.1 Å². The number of amides is 1. The summed E-state index contributed by atoms with van der Waals surface area (Å²) < 4.78 is 45.8. The summed E-state index contributed by atoms with van der Waals surface area (Å²) in [5.74, 6) is -0.585. The molecule has 1 N–H and O–H groups in total.